The van der Waals surface area contributed by atoms with Crippen LogP contribution < -0.4 is 20.2 Å². The molecule has 1 heterocycles. The number of amides is 1. The average Bonchev–Trinajstić information content (AvgIpc) is 2.66. The number of nitrogens with one attached hydrogen (secondary N) is 1. The summed E-state index contributed by atoms with van der Waals surface area (Å²) in [6.45, 7) is 1.53. The first-order valence-corrected chi connectivity index (χ1v) is 8.56. The van der Waals surface area contributed by atoms with Crippen molar-refractivity contribution in [2.45, 2.75) is 13.3 Å². The second kappa shape index (κ2) is 7.69. The molecular weight excluding hydrogens is 408 g/mol. The zero-order valence-electron chi connectivity index (χ0n) is 16.1. The van der Waals surface area contributed by atoms with Crippen LogP contribution in [0, 0.1) is 12.7 Å². The maximum Gasteiger partial charge on any atom is 0.573 e. The predicted octanol–water partition coefficient (Wildman–Crippen LogP) is 4.15. The van der Waals surface area contributed by atoms with Crippen LogP contribution in [0.4, 0.5) is 23.2 Å². The van der Waals surface area contributed by atoms with Gasteiger partial charge < -0.3 is 19.4 Å². The number of methoxy groups -OCH3 is 1. The highest BCUT2D eigenvalue weighted by Crippen LogP contribution is 2.27. The molecule has 1 amide bonds. The molecule has 2 aromatic carbocycles. The van der Waals surface area contributed by atoms with E-state index < -0.39 is 29.3 Å². The SMILES string of the molecule is COc1cc(NC(=O)c2c(C)n(C)c3ccc(OC(F)(F)F)cc3c2=O)ccc1F. The summed E-state index contributed by atoms with van der Waals surface area (Å²) in [5.41, 5.74) is -0.234. The summed E-state index contributed by atoms with van der Waals surface area (Å²) in [5, 5.41) is 2.36. The van der Waals surface area contributed by atoms with Gasteiger partial charge in [-0.25, -0.2) is 4.39 Å². The molecule has 158 valence electrons. The minimum atomic E-state index is -4.93. The van der Waals surface area contributed by atoms with Crippen molar-refractivity contribution in [1.82, 2.24) is 4.57 Å². The third-order valence-electron chi connectivity index (χ3n) is 4.54. The summed E-state index contributed by atoms with van der Waals surface area (Å²) >= 11 is 0. The Bertz CT molecular complexity index is 1200. The number of alkyl halides is 3. The van der Waals surface area contributed by atoms with Gasteiger partial charge in [0.25, 0.3) is 5.91 Å². The van der Waals surface area contributed by atoms with Crippen LogP contribution in [0.2, 0.25) is 0 Å². The van der Waals surface area contributed by atoms with Gasteiger partial charge in [0.05, 0.1) is 18.0 Å². The smallest absolute Gasteiger partial charge is 0.494 e. The standard InChI is InChI=1S/C20H16F4N2O4/c1-10-17(19(28)25-11-4-6-14(21)16(8-11)29-3)18(27)13-9-12(30-20(22,23)24)5-7-15(13)26(10)2/h4-9H,1-3H3,(H,25,28). The third kappa shape index (κ3) is 4.07. The number of carbonyl (C=O) groups is 1. The Morgan fingerprint density at radius 2 is 1.83 bits per heavy atom. The maximum absolute atomic E-state index is 13.6. The molecule has 10 heteroatoms. The molecule has 0 saturated heterocycles. The lowest BCUT2D eigenvalue weighted by atomic mass is 10.1. The summed E-state index contributed by atoms with van der Waals surface area (Å²) in [7, 11) is 2.83. The van der Waals surface area contributed by atoms with Gasteiger partial charge in [-0.05, 0) is 37.3 Å². The zero-order chi connectivity index (χ0) is 22.2. The fourth-order valence-corrected chi connectivity index (χ4v) is 3.03. The summed E-state index contributed by atoms with van der Waals surface area (Å²) in [4.78, 5) is 25.7. The molecule has 0 saturated carbocycles. The highest BCUT2D eigenvalue weighted by atomic mass is 19.4. The molecule has 0 bridgehead atoms. The Labute approximate surface area is 167 Å². The van der Waals surface area contributed by atoms with Crippen LogP contribution in [-0.4, -0.2) is 23.9 Å². The van der Waals surface area contributed by atoms with E-state index in [2.05, 4.69) is 10.1 Å². The van der Waals surface area contributed by atoms with Crippen molar-refractivity contribution in [3.63, 3.8) is 0 Å². The Hall–Kier alpha value is -3.56. The third-order valence-corrected chi connectivity index (χ3v) is 4.54. The van der Waals surface area contributed by atoms with Crippen molar-refractivity contribution in [3.8, 4) is 11.5 Å². The van der Waals surface area contributed by atoms with Gasteiger partial charge in [-0.3, -0.25) is 9.59 Å². The highest BCUT2D eigenvalue weighted by molar-refractivity contribution is 6.07. The lowest BCUT2D eigenvalue weighted by Gasteiger charge is -2.16. The molecule has 0 radical (unpaired) electrons. The number of rotatable bonds is 4. The van der Waals surface area contributed by atoms with Gasteiger partial charge in [0, 0.05) is 24.5 Å². The van der Waals surface area contributed by atoms with Gasteiger partial charge in [-0.15, -0.1) is 13.2 Å². The van der Waals surface area contributed by atoms with Crippen LogP contribution in [0.3, 0.4) is 0 Å². The van der Waals surface area contributed by atoms with Gasteiger partial charge in [0.2, 0.25) is 5.43 Å². The number of hydrogen-bond donors (Lipinski definition) is 1. The van der Waals surface area contributed by atoms with E-state index in [1.165, 1.54) is 36.8 Å². The number of anilines is 1. The van der Waals surface area contributed by atoms with Crippen LogP contribution in [0.25, 0.3) is 10.9 Å². The minimum Gasteiger partial charge on any atom is -0.494 e. The molecule has 0 aliphatic heterocycles. The summed E-state index contributed by atoms with van der Waals surface area (Å²) in [5.74, 6) is -2.12. The van der Waals surface area contributed by atoms with Crippen molar-refractivity contribution in [2.24, 2.45) is 7.05 Å². The number of aromatic nitrogens is 1. The fraction of sp³-hybridized carbons (Fsp3) is 0.200. The number of halogens is 4. The predicted molar refractivity (Wildman–Crippen MR) is 102 cm³/mol. The number of hydrogen-bond acceptors (Lipinski definition) is 4. The van der Waals surface area contributed by atoms with Gasteiger partial charge in [0.15, 0.2) is 11.6 Å². The van der Waals surface area contributed by atoms with Crippen molar-refractivity contribution >= 4 is 22.5 Å². The fourth-order valence-electron chi connectivity index (χ4n) is 3.03. The lowest BCUT2D eigenvalue weighted by molar-refractivity contribution is -0.274. The van der Waals surface area contributed by atoms with Crippen molar-refractivity contribution in [3.05, 3.63) is 63.7 Å². The molecule has 0 aliphatic rings. The van der Waals surface area contributed by atoms with E-state index in [9.17, 15) is 27.2 Å². The van der Waals surface area contributed by atoms with E-state index in [4.69, 9.17) is 4.74 Å². The molecular formula is C20H16F4N2O4. The highest BCUT2D eigenvalue weighted by Gasteiger charge is 2.31. The van der Waals surface area contributed by atoms with Crippen molar-refractivity contribution in [1.29, 1.82) is 0 Å². The van der Waals surface area contributed by atoms with E-state index in [-0.39, 0.29) is 22.4 Å². The molecule has 0 fully saturated rings. The topological polar surface area (TPSA) is 69.6 Å². The lowest BCUT2D eigenvalue weighted by Crippen LogP contribution is -2.26. The molecule has 30 heavy (non-hydrogen) atoms. The Balaban J connectivity index is 2.08. The van der Waals surface area contributed by atoms with Gasteiger partial charge >= 0.3 is 6.36 Å². The number of pyridine rings is 1. The molecule has 3 aromatic rings. The van der Waals surface area contributed by atoms with Gasteiger partial charge in [-0.1, -0.05) is 0 Å². The minimum absolute atomic E-state index is 0.107. The second-order valence-electron chi connectivity index (χ2n) is 6.38. The Morgan fingerprint density at radius 3 is 2.47 bits per heavy atom. The molecule has 1 N–H and O–H groups in total. The number of fused-ring (bicyclic) bond motifs is 1. The molecule has 0 aliphatic carbocycles. The van der Waals surface area contributed by atoms with E-state index in [1.807, 2.05) is 0 Å². The first-order valence-electron chi connectivity index (χ1n) is 8.56. The number of aryl methyl sites for hydroxylation is 1. The molecule has 1 aromatic heterocycles. The molecule has 0 spiro atoms. The van der Waals surface area contributed by atoms with Crippen molar-refractivity contribution in [2.75, 3.05) is 12.4 Å². The van der Waals surface area contributed by atoms with Gasteiger partial charge in [-0.2, -0.15) is 0 Å². The van der Waals surface area contributed by atoms with Gasteiger partial charge in [0.1, 0.15) is 11.3 Å². The van der Waals surface area contributed by atoms with E-state index in [0.29, 0.717) is 11.2 Å². The first-order chi connectivity index (χ1) is 14.0. The van der Waals surface area contributed by atoms with E-state index >= 15 is 0 Å². The van der Waals surface area contributed by atoms with Crippen LogP contribution in [0.5, 0.6) is 11.5 Å². The van der Waals surface area contributed by atoms with Crippen LogP contribution >= 0.6 is 0 Å². The van der Waals surface area contributed by atoms with Crippen LogP contribution in [-0.2, 0) is 7.05 Å². The number of nitrogens with zero attached hydrogens (tertiary/aromatic N) is 1. The Morgan fingerprint density at radius 1 is 1.13 bits per heavy atom. The molecule has 6 nitrogen and oxygen atoms in total. The summed E-state index contributed by atoms with van der Waals surface area (Å²) < 4.78 is 61.3. The van der Waals surface area contributed by atoms with E-state index in [0.717, 1.165) is 18.2 Å². The van der Waals surface area contributed by atoms with Crippen LogP contribution in [0.15, 0.2) is 41.2 Å². The van der Waals surface area contributed by atoms with Crippen LogP contribution in [0.1, 0.15) is 16.1 Å². The number of benzene rings is 2. The first kappa shape index (κ1) is 21.2. The van der Waals surface area contributed by atoms with Crippen molar-refractivity contribution < 1.29 is 31.8 Å². The number of ether oxygens (including phenoxy) is 2. The molecule has 0 unspecified atom stereocenters. The normalized spacial score (nSPS) is 11.4. The number of carbonyl (C=O) groups excluding carboxylic acids is 1. The Kier molecular flexibility index (Phi) is 5.43. The monoisotopic (exact) mass is 424 g/mol. The largest absolute Gasteiger partial charge is 0.573 e. The second-order valence-corrected chi connectivity index (χ2v) is 6.38. The summed E-state index contributed by atoms with van der Waals surface area (Å²) in [6, 6.07) is 6.93. The zero-order valence-corrected chi connectivity index (χ0v) is 16.1. The van der Waals surface area contributed by atoms with E-state index in [1.54, 1.807) is 7.05 Å². The maximum atomic E-state index is 13.6. The quantitative estimate of drug-likeness (QED) is 0.639. The molecule has 3 rings (SSSR count). The molecule has 0 atom stereocenters. The average molecular weight is 424 g/mol. The summed E-state index contributed by atoms with van der Waals surface area (Å²) in [6.07, 6.45) is -4.93.